The maximum atomic E-state index is 4.14. The van der Waals surface area contributed by atoms with E-state index in [0.29, 0.717) is 0 Å². The first-order chi connectivity index (χ1) is 5.44. The van der Waals surface area contributed by atoms with Crippen molar-refractivity contribution in [3.8, 4) is 0 Å². The minimum absolute atomic E-state index is 0.186. The molecule has 12 heavy (non-hydrogen) atoms. The number of aryl methyl sites for hydroxylation is 1. The summed E-state index contributed by atoms with van der Waals surface area (Å²) in [5, 5.41) is 11.9. The Morgan fingerprint density at radius 2 is 2.08 bits per heavy atom. The van der Waals surface area contributed by atoms with E-state index in [1.165, 1.54) is 4.80 Å². The van der Waals surface area contributed by atoms with Crippen LogP contribution >= 0.6 is 0 Å². The highest BCUT2D eigenvalue weighted by Gasteiger charge is 2.26. The van der Waals surface area contributed by atoms with Gasteiger partial charge in [0, 0.05) is 5.41 Å². The number of nitrogens with zero attached hydrogens (tertiary/aromatic N) is 4. The first-order valence-electron chi connectivity index (χ1n) is 3.85. The number of hydrogen-bond acceptors (Lipinski definition) is 3. The molecule has 1 heterocycles. The van der Waals surface area contributed by atoms with Gasteiger partial charge in [0.1, 0.15) is 0 Å². The Kier molecular flexibility index (Phi) is 2.00. The monoisotopic (exact) mass is 166 g/mol. The minimum Gasteiger partial charge on any atom is -0.167 e. The van der Waals surface area contributed by atoms with Crippen LogP contribution in [0.2, 0.25) is 0 Å². The van der Waals surface area contributed by atoms with Crippen LogP contribution in [0.5, 0.6) is 0 Å². The smallest absolute Gasteiger partial charge is 0.167 e. The zero-order chi connectivity index (χ0) is 9.35. The predicted octanol–water partition coefficient (Wildman–Crippen LogP) is 1.06. The summed E-state index contributed by atoms with van der Waals surface area (Å²) >= 11 is 0. The van der Waals surface area contributed by atoms with Gasteiger partial charge < -0.3 is 0 Å². The van der Waals surface area contributed by atoms with Crippen molar-refractivity contribution < 1.29 is 0 Å². The van der Waals surface area contributed by atoms with Gasteiger partial charge in [-0.25, -0.2) is 0 Å². The quantitative estimate of drug-likeness (QED) is 0.617. The van der Waals surface area contributed by atoms with E-state index in [2.05, 4.69) is 22.0 Å². The van der Waals surface area contributed by atoms with E-state index in [9.17, 15) is 0 Å². The largest absolute Gasteiger partial charge is 0.184 e. The van der Waals surface area contributed by atoms with Gasteiger partial charge in [-0.05, 0) is 26.0 Å². The lowest BCUT2D eigenvalue weighted by Gasteiger charge is -2.19. The third-order valence-corrected chi connectivity index (χ3v) is 2.13. The SMILES string of the molecule is C=C(C)C(C)(C)c1nnn(C)n1. The van der Waals surface area contributed by atoms with E-state index < -0.39 is 0 Å². The molecule has 0 atom stereocenters. The fourth-order valence-electron chi connectivity index (χ4n) is 0.725. The normalized spacial score (nSPS) is 11.7. The van der Waals surface area contributed by atoms with Crippen LogP contribution in [-0.2, 0) is 12.5 Å². The Labute approximate surface area is 72.3 Å². The second-order valence-electron chi connectivity index (χ2n) is 3.51. The van der Waals surface area contributed by atoms with Gasteiger partial charge in [0.25, 0.3) is 0 Å². The summed E-state index contributed by atoms with van der Waals surface area (Å²) in [6.45, 7) is 9.93. The molecule has 0 spiro atoms. The van der Waals surface area contributed by atoms with Gasteiger partial charge in [0.15, 0.2) is 5.82 Å². The number of tetrazole rings is 1. The fourth-order valence-corrected chi connectivity index (χ4v) is 0.725. The molecule has 0 aliphatic rings. The van der Waals surface area contributed by atoms with Crippen molar-refractivity contribution in [2.24, 2.45) is 7.05 Å². The topological polar surface area (TPSA) is 43.6 Å². The molecule has 4 nitrogen and oxygen atoms in total. The molecule has 4 heteroatoms. The molecular weight excluding hydrogens is 152 g/mol. The summed E-state index contributed by atoms with van der Waals surface area (Å²) in [6, 6.07) is 0. The molecule has 0 bridgehead atoms. The van der Waals surface area contributed by atoms with E-state index in [4.69, 9.17) is 0 Å². The molecule has 66 valence electrons. The summed E-state index contributed by atoms with van der Waals surface area (Å²) in [5.41, 5.74) is 0.851. The van der Waals surface area contributed by atoms with Crippen molar-refractivity contribution in [3.63, 3.8) is 0 Å². The third-order valence-electron chi connectivity index (χ3n) is 2.13. The number of allylic oxidation sites excluding steroid dienone is 1. The van der Waals surface area contributed by atoms with Crippen LogP contribution < -0.4 is 0 Å². The van der Waals surface area contributed by atoms with Gasteiger partial charge >= 0.3 is 0 Å². The van der Waals surface area contributed by atoms with Gasteiger partial charge in [-0.1, -0.05) is 12.2 Å². The molecule has 0 amide bonds. The molecule has 0 aliphatic carbocycles. The van der Waals surface area contributed by atoms with Crippen molar-refractivity contribution in [2.45, 2.75) is 26.2 Å². The summed E-state index contributed by atoms with van der Waals surface area (Å²) in [6.07, 6.45) is 0. The molecule has 1 rings (SSSR count). The van der Waals surface area contributed by atoms with E-state index in [1.807, 2.05) is 20.8 Å². The Hall–Kier alpha value is -1.19. The summed E-state index contributed by atoms with van der Waals surface area (Å²) in [4.78, 5) is 1.46. The van der Waals surface area contributed by atoms with E-state index in [0.717, 1.165) is 11.4 Å². The van der Waals surface area contributed by atoms with Gasteiger partial charge in [-0.3, -0.25) is 0 Å². The van der Waals surface area contributed by atoms with Crippen LogP contribution in [0.4, 0.5) is 0 Å². The van der Waals surface area contributed by atoms with Gasteiger partial charge in [-0.2, -0.15) is 4.80 Å². The maximum absolute atomic E-state index is 4.14. The second kappa shape index (κ2) is 2.69. The van der Waals surface area contributed by atoms with Crippen LogP contribution in [0, 0.1) is 0 Å². The van der Waals surface area contributed by atoms with Crippen LogP contribution in [0.25, 0.3) is 0 Å². The van der Waals surface area contributed by atoms with Gasteiger partial charge in [0.2, 0.25) is 0 Å². The first-order valence-corrected chi connectivity index (χ1v) is 3.85. The van der Waals surface area contributed by atoms with Crippen molar-refractivity contribution in [1.29, 1.82) is 0 Å². The molecular formula is C8H14N4. The molecule has 0 radical (unpaired) electrons. The molecule has 1 aromatic heterocycles. The highest BCUT2D eigenvalue weighted by atomic mass is 15.6. The first kappa shape index (κ1) is 8.90. The summed E-state index contributed by atoms with van der Waals surface area (Å²) < 4.78 is 0. The Bertz CT molecular complexity index is 298. The van der Waals surface area contributed by atoms with Crippen LogP contribution in [0.3, 0.4) is 0 Å². The Morgan fingerprint density at radius 3 is 2.42 bits per heavy atom. The van der Waals surface area contributed by atoms with Crippen LogP contribution in [0.1, 0.15) is 26.6 Å². The van der Waals surface area contributed by atoms with Gasteiger partial charge in [-0.15, -0.1) is 10.2 Å². The van der Waals surface area contributed by atoms with Crippen molar-refractivity contribution in [3.05, 3.63) is 18.0 Å². The van der Waals surface area contributed by atoms with E-state index in [1.54, 1.807) is 7.05 Å². The lowest BCUT2D eigenvalue weighted by Crippen LogP contribution is -2.20. The minimum atomic E-state index is -0.186. The number of rotatable bonds is 2. The van der Waals surface area contributed by atoms with Gasteiger partial charge in [0.05, 0.1) is 7.05 Å². The fraction of sp³-hybridized carbons (Fsp3) is 0.625. The van der Waals surface area contributed by atoms with E-state index in [-0.39, 0.29) is 5.41 Å². The van der Waals surface area contributed by atoms with Crippen molar-refractivity contribution in [2.75, 3.05) is 0 Å². The average molecular weight is 166 g/mol. The standard InChI is InChI=1S/C8H14N4/c1-6(2)8(3,4)7-9-11-12(5)10-7/h1H2,2-5H3. The average Bonchev–Trinajstić information content (AvgIpc) is 2.35. The molecule has 0 aromatic carbocycles. The zero-order valence-corrected chi connectivity index (χ0v) is 8.00. The summed E-state index contributed by atoms with van der Waals surface area (Å²) in [7, 11) is 1.75. The lowest BCUT2D eigenvalue weighted by atomic mass is 9.85. The predicted molar refractivity (Wildman–Crippen MR) is 46.6 cm³/mol. The molecule has 1 aromatic rings. The molecule has 0 saturated heterocycles. The Morgan fingerprint density at radius 1 is 1.50 bits per heavy atom. The van der Waals surface area contributed by atoms with Crippen molar-refractivity contribution >= 4 is 0 Å². The summed E-state index contributed by atoms with van der Waals surface area (Å²) in [5.74, 6) is 0.720. The molecule has 0 fully saturated rings. The maximum Gasteiger partial charge on any atom is 0.184 e. The highest BCUT2D eigenvalue weighted by Crippen LogP contribution is 2.25. The molecule has 0 unspecified atom stereocenters. The van der Waals surface area contributed by atoms with Crippen LogP contribution in [-0.4, -0.2) is 20.2 Å². The third kappa shape index (κ3) is 1.37. The second-order valence-corrected chi connectivity index (χ2v) is 3.51. The number of aromatic nitrogens is 4. The van der Waals surface area contributed by atoms with Crippen LogP contribution in [0.15, 0.2) is 12.2 Å². The number of hydrogen-bond donors (Lipinski definition) is 0. The Balaban J connectivity index is 3.05. The van der Waals surface area contributed by atoms with E-state index >= 15 is 0 Å². The lowest BCUT2D eigenvalue weighted by molar-refractivity contribution is 0.567. The molecule has 0 N–H and O–H groups in total. The van der Waals surface area contributed by atoms with Crippen molar-refractivity contribution in [1.82, 2.24) is 20.2 Å². The molecule has 0 aliphatic heterocycles. The zero-order valence-electron chi connectivity index (χ0n) is 8.00. The highest BCUT2D eigenvalue weighted by molar-refractivity contribution is 5.19. The molecule has 0 saturated carbocycles.